The summed E-state index contributed by atoms with van der Waals surface area (Å²) in [6.45, 7) is 5.56. The molecule has 0 saturated heterocycles. The largest absolute Gasteiger partial charge is 0.348 e. The summed E-state index contributed by atoms with van der Waals surface area (Å²) in [5.41, 5.74) is 0.741. The van der Waals surface area contributed by atoms with Crippen LogP contribution in [0.5, 0.6) is 0 Å². The fourth-order valence-electron chi connectivity index (χ4n) is 3.42. The molecule has 1 aliphatic rings. The third-order valence-corrected chi connectivity index (χ3v) is 4.88. The molecule has 8 nitrogen and oxygen atoms in total. The molecule has 2 aromatic rings. The number of nitrogens with one attached hydrogen (secondary N) is 1. The van der Waals surface area contributed by atoms with Crippen LogP contribution in [0.3, 0.4) is 0 Å². The lowest BCUT2D eigenvalue weighted by Crippen LogP contribution is -2.40. The van der Waals surface area contributed by atoms with E-state index in [4.69, 9.17) is 0 Å². The minimum Gasteiger partial charge on any atom is -0.348 e. The first-order chi connectivity index (χ1) is 12.8. The molecule has 1 aliphatic carbocycles. The Morgan fingerprint density at radius 1 is 1.04 bits per heavy atom. The minimum absolute atomic E-state index is 0.0236. The van der Waals surface area contributed by atoms with Crippen LogP contribution in [0.15, 0.2) is 33.9 Å². The average Bonchev–Trinajstić information content (AvgIpc) is 2.64. The van der Waals surface area contributed by atoms with E-state index < -0.39 is 0 Å². The molecule has 0 unspecified atom stereocenters. The fourth-order valence-corrected chi connectivity index (χ4v) is 3.42. The van der Waals surface area contributed by atoms with Gasteiger partial charge in [0.05, 0.1) is 17.8 Å². The number of hydrogen-bond donors (Lipinski definition) is 1. The second-order valence-corrected chi connectivity index (χ2v) is 7.33. The van der Waals surface area contributed by atoms with Crippen molar-refractivity contribution in [2.75, 3.05) is 0 Å². The molecule has 0 aliphatic heterocycles. The van der Waals surface area contributed by atoms with Crippen LogP contribution in [0.2, 0.25) is 0 Å². The smallest absolute Gasteiger partial charge is 0.271 e. The highest BCUT2D eigenvalue weighted by Gasteiger charge is 2.25. The molecule has 0 aromatic carbocycles. The molecule has 3 rings (SSSR count). The summed E-state index contributed by atoms with van der Waals surface area (Å²) in [6, 6.07) is 6.06. The van der Waals surface area contributed by atoms with Crippen LogP contribution >= 0.6 is 0 Å². The van der Waals surface area contributed by atoms with Crippen molar-refractivity contribution in [1.82, 2.24) is 24.9 Å². The highest BCUT2D eigenvalue weighted by Crippen LogP contribution is 2.27. The summed E-state index contributed by atoms with van der Waals surface area (Å²) < 4.78 is 2.87. The van der Waals surface area contributed by atoms with Crippen molar-refractivity contribution < 1.29 is 4.79 Å². The van der Waals surface area contributed by atoms with Gasteiger partial charge in [-0.2, -0.15) is 10.2 Å². The zero-order chi connectivity index (χ0) is 19.6. The summed E-state index contributed by atoms with van der Waals surface area (Å²) in [5.74, 6) is -0.279. The molecule has 1 saturated carbocycles. The number of amides is 1. The molecule has 2 aromatic heterocycles. The Morgan fingerprint density at radius 3 is 2.37 bits per heavy atom. The second kappa shape index (κ2) is 7.85. The van der Waals surface area contributed by atoms with Crippen molar-refractivity contribution in [1.29, 1.82) is 0 Å². The van der Waals surface area contributed by atoms with Gasteiger partial charge in [0.25, 0.3) is 17.0 Å². The predicted molar refractivity (Wildman–Crippen MR) is 101 cm³/mol. The summed E-state index contributed by atoms with van der Waals surface area (Å²) in [7, 11) is 0. The normalized spacial score (nSPS) is 19.9. The number of carbonyl (C=O) groups is 1. The molecule has 2 heterocycles. The van der Waals surface area contributed by atoms with Gasteiger partial charge in [-0.3, -0.25) is 14.4 Å². The fraction of sp³-hybridized carbons (Fsp3) is 0.526. The molecule has 1 amide bonds. The van der Waals surface area contributed by atoms with Crippen LogP contribution in [0.1, 0.15) is 67.8 Å². The van der Waals surface area contributed by atoms with Crippen molar-refractivity contribution in [3.8, 4) is 0 Å². The highest BCUT2D eigenvalue weighted by molar-refractivity contribution is 5.92. The minimum atomic E-state index is -0.279. The van der Waals surface area contributed by atoms with Gasteiger partial charge in [-0.1, -0.05) is 0 Å². The van der Waals surface area contributed by atoms with Crippen LogP contribution in [0, 0.1) is 6.92 Å². The predicted octanol–water partition coefficient (Wildman–Crippen LogP) is 1.60. The van der Waals surface area contributed by atoms with Gasteiger partial charge in [-0.25, -0.2) is 9.36 Å². The first-order valence-electron chi connectivity index (χ1n) is 9.32. The Labute approximate surface area is 157 Å². The molecule has 0 bridgehead atoms. The Morgan fingerprint density at radius 2 is 1.70 bits per heavy atom. The zero-order valence-corrected chi connectivity index (χ0v) is 15.9. The third-order valence-electron chi connectivity index (χ3n) is 4.88. The molecule has 144 valence electrons. The van der Waals surface area contributed by atoms with E-state index in [1.54, 1.807) is 16.8 Å². The van der Waals surface area contributed by atoms with E-state index in [-0.39, 0.29) is 40.8 Å². The second-order valence-electron chi connectivity index (χ2n) is 7.33. The van der Waals surface area contributed by atoms with Crippen molar-refractivity contribution >= 4 is 5.91 Å². The van der Waals surface area contributed by atoms with E-state index >= 15 is 0 Å². The quantitative estimate of drug-likeness (QED) is 0.880. The molecule has 1 fully saturated rings. The first kappa shape index (κ1) is 19.0. The van der Waals surface area contributed by atoms with Crippen molar-refractivity contribution in [3.05, 3.63) is 56.4 Å². The average molecular weight is 371 g/mol. The van der Waals surface area contributed by atoms with Crippen LogP contribution < -0.4 is 16.4 Å². The molecule has 0 spiro atoms. The number of hydrogen-bond acceptors (Lipinski definition) is 5. The lowest BCUT2D eigenvalue weighted by Gasteiger charge is -2.29. The summed E-state index contributed by atoms with van der Waals surface area (Å²) in [5, 5.41) is 11.5. The number of carbonyl (C=O) groups excluding carboxylic acids is 1. The van der Waals surface area contributed by atoms with E-state index in [9.17, 15) is 14.4 Å². The van der Waals surface area contributed by atoms with Crippen molar-refractivity contribution in [2.24, 2.45) is 0 Å². The SMILES string of the molecule is Cc1ccc(=O)n(C2CCC(NC(=O)c3ccc(=O)n(C(C)C)n3)CC2)n1. The summed E-state index contributed by atoms with van der Waals surface area (Å²) >= 11 is 0. The Bertz CT molecular complexity index is 939. The van der Waals surface area contributed by atoms with E-state index in [0.29, 0.717) is 0 Å². The monoisotopic (exact) mass is 371 g/mol. The van der Waals surface area contributed by atoms with Gasteiger partial charge in [-0.15, -0.1) is 0 Å². The van der Waals surface area contributed by atoms with Gasteiger partial charge in [-0.05, 0) is 58.6 Å². The lowest BCUT2D eigenvalue weighted by molar-refractivity contribution is 0.0913. The molecule has 27 heavy (non-hydrogen) atoms. The van der Waals surface area contributed by atoms with Gasteiger partial charge in [0.15, 0.2) is 0 Å². The molecule has 8 heteroatoms. The number of nitrogens with zero attached hydrogens (tertiary/aromatic N) is 4. The lowest BCUT2D eigenvalue weighted by atomic mass is 9.91. The van der Waals surface area contributed by atoms with Gasteiger partial charge < -0.3 is 5.32 Å². The number of rotatable bonds is 4. The van der Waals surface area contributed by atoms with Crippen molar-refractivity contribution in [2.45, 2.75) is 64.6 Å². The Kier molecular flexibility index (Phi) is 5.53. The van der Waals surface area contributed by atoms with Gasteiger partial charge >= 0.3 is 0 Å². The zero-order valence-electron chi connectivity index (χ0n) is 15.9. The Balaban J connectivity index is 1.63. The third kappa shape index (κ3) is 4.32. The van der Waals surface area contributed by atoms with Gasteiger partial charge in [0, 0.05) is 18.2 Å². The van der Waals surface area contributed by atoms with E-state index in [0.717, 1.165) is 31.4 Å². The summed E-state index contributed by atoms with van der Waals surface area (Å²) in [4.78, 5) is 36.3. The van der Waals surface area contributed by atoms with Crippen LogP contribution in [-0.2, 0) is 0 Å². The molecule has 0 atom stereocenters. The van der Waals surface area contributed by atoms with E-state index in [2.05, 4.69) is 15.5 Å². The van der Waals surface area contributed by atoms with Gasteiger partial charge in [0.2, 0.25) is 0 Å². The maximum Gasteiger partial charge on any atom is 0.271 e. The Hall–Kier alpha value is -2.77. The number of aryl methyl sites for hydroxylation is 1. The topological polar surface area (TPSA) is 98.9 Å². The molecule has 0 radical (unpaired) electrons. The maximum absolute atomic E-state index is 12.5. The van der Waals surface area contributed by atoms with Gasteiger partial charge in [0.1, 0.15) is 5.69 Å². The number of aromatic nitrogens is 4. The standard InChI is InChI=1S/C19H25N5O3/c1-12(2)23-17(25)11-9-16(22-23)19(27)20-14-5-7-15(8-6-14)24-18(26)10-4-13(3)21-24/h4,9-12,14-15H,5-8H2,1-3H3,(H,20,27). The van der Waals surface area contributed by atoms with E-state index in [1.165, 1.54) is 16.8 Å². The summed E-state index contributed by atoms with van der Waals surface area (Å²) in [6.07, 6.45) is 3.09. The van der Waals surface area contributed by atoms with E-state index in [1.807, 2.05) is 20.8 Å². The maximum atomic E-state index is 12.5. The first-order valence-corrected chi connectivity index (χ1v) is 9.32. The van der Waals surface area contributed by atoms with Crippen LogP contribution in [-0.4, -0.2) is 31.5 Å². The van der Waals surface area contributed by atoms with Crippen LogP contribution in [0.25, 0.3) is 0 Å². The molecular formula is C19H25N5O3. The van der Waals surface area contributed by atoms with Crippen molar-refractivity contribution in [3.63, 3.8) is 0 Å². The van der Waals surface area contributed by atoms with Crippen LogP contribution in [0.4, 0.5) is 0 Å². The highest BCUT2D eigenvalue weighted by atomic mass is 16.2. The molecular weight excluding hydrogens is 346 g/mol. The molecule has 1 N–H and O–H groups in total.